The van der Waals surface area contributed by atoms with Gasteiger partial charge in [0, 0.05) is 10.6 Å². The molecule has 1 atom stereocenters. The number of carbonyl (C=O) groups is 1. The summed E-state index contributed by atoms with van der Waals surface area (Å²) in [4.78, 5) is 33.5. The van der Waals surface area contributed by atoms with Crippen molar-refractivity contribution < 1.29 is 9.18 Å². The molecule has 1 aliphatic rings. The predicted octanol–water partition coefficient (Wildman–Crippen LogP) is 6.06. The summed E-state index contributed by atoms with van der Waals surface area (Å²) in [5.41, 5.74) is 4.23. The predicted molar refractivity (Wildman–Crippen MR) is 142 cm³/mol. The van der Waals surface area contributed by atoms with E-state index in [9.17, 15) is 14.0 Å². The highest BCUT2D eigenvalue weighted by Gasteiger charge is 2.26. The molecule has 1 amide bonds. The van der Waals surface area contributed by atoms with Crippen molar-refractivity contribution in [3.05, 3.63) is 80.2 Å². The van der Waals surface area contributed by atoms with E-state index in [4.69, 9.17) is 4.98 Å². The molecule has 35 heavy (non-hydrogen) atoms. The zero-order valence-corrected chi connectivity index (χ0v) is 21.5. The first-order valence-electron chi connectivity index (χ1n) is 11.6. The first kappa shape index (κ1) is 23.8. The number of hydrogen-bond donors (Lipinski definition) is 1. The molecule has 5 nitrogen and oxygen atoms in total. The number of amides is 1. The second-order valence-corrected chi connectivity index (χ2v) is 11.2. The molecule has 4 aromatic rings. The van der Waals surface area contributed by atoms with Crippen LogP contribution in [0.1, 0.15) is 34.9 Å². The van der Waals surface area contributed by atoms with Crippen LogP contribution in [0.3, 0.4) is 0 Å². The zero-order valence-electron chi connectivity index (χ0n) is 19.9. The molecule has 0 saturated heterocycles. The van der Waals surface area contributed by atoms with Crippen molar-refractivity contribution in [2.75, 3.05) is 11.1 Å². The lowest BCUT2D eigenvalue weighted by Crippen LogP contribution is -2.24. The van der Waals surface area contributed by atoms with Crippen LogP contribution in [0.5, 0.6) is 0 Å². The number of hydrogen-bond acceptors (Lipinski definition) is 5. The number of carbonyl (C=O) groups excluding carboxylic acids is 1. The molecule has 2 aromatic carbocycles. The van der Waals surface area contributed by atoms with E-state index >= 15 is 0 Å². The summed E-state index contributed by atoms with van der Waals surface area (Å²) in [7, 11) is 0. The monoisotopic (exact) mass is 507 g/mol. The van der Waals surface area contributed by atoms with Gasteiger partial charge in [-0.3, -0.25) is 14.2 Å². The normalized spacial score (nSPS) is 15.3. The summed E-state index contributed by atoms with van der Waals surface area (Å²) in [5, 5.41) is 3.91. The van der Waals surface area contributed by atoms with Crippen LogP contribution < -0.4 is 10.9 Å². The van der Waals surface area contributed by atoms with E-state index in [1.165, 1.54) is 28.8 Å². The van der Waals surface area contributed by atoms with Crippen LogP contribution in [0, 0.1) is 25.6 Å². The molecule has 2 heterocycles. The van der Waals surface area contributed by atoms with E-state index in [0.717, 1.165) is 46.5 Å². The molecule has 2 aromatic heterocycles. The third-order valence-electron chi connectivity index (χ3n) is 6.34. The molecule has 1 N–H and O–H groups in total. The Balaban J connectivity index is 1.57. The van der Waals surface area contributed by atoms with Gasteiger partial charge in [-0.05, 0) is 80.0 Å². The SMILES string of the molecule is Cc1ccc(C)c(-n2c(SCC(=O)Nc3cccc(F)c3)nc3sc4c(c3c2=O)CC[C@@H](C)C4)c1. The Bertz CT molecular complexity index is 1510. The van der Waals surface area contributed by atoms with E-state index in [-0.39, 0.29) is 17.2 Å². The van der Waals surface area contributed by atoms with Crippen molar-refractivity contribution in [3.8, 4) is 5.69 Å². The molecule has 8 heteroatoms. The Kier molecular flexibility index (Phi) is 6.51. The Labute approximate surface area is 211 Å². The molecule has 0 fully saturated rings. The van der Waals surface area contributed by atoms with Gasteiger partial charge in [-0.15, -0.1) is 11.3 Å². The van der Waals surface area contributed by atoms with Gasteiger partial charge in [-0.1, -0.05) is 36.9 Å². The highest BCUT2D eigenvalue weighted by atomic mass is 32.2. The highest BCUT2D eigenvalue weighted by molar-refractivity contribution is 7.99. The van der Waals surface area contributed by atoms with Gasteiger partial charge >= 0.3 is 0 Å². The fraction of sp³-hybridized carbons (Fsp3) is 0.296. The number of halogens is 1. The molecule has 0 bridgehead atoms. The first-order valence-corrected chi connectivity index (χ1v) is 13.4. The van der Waals surface area contributed by atoms with E-state index in [1.807, 2.05) is 32.0 Å². The summed E-state index contributed by atoms with van der Waals surface area (Å²) >= 11 is 2.82. The molecule has 0 radical (unpaired) electrons. The molecule has 1 aliphatic carbocycles. The Morgan fingerprint density at radius 1 is 1.26 bits per heavy atom. The van der Waals surface area contributed by atoms with Crippen LogP contribution in [0.2, 0.25) is 0 Å². The number of rotatable bonds is 5. The van der Waals surface area contributed by atoms with Gasteiger partial charge in [-0.25, -0.2) is 9.37 Å². The van der Waals surface area contributed by atoms with E-state index in [2.05, 4.69) is 12.2 Å². The molecular weight excluding hydrogens is 481 g/mol. The van der Waals surface area contributed by atoms with Crippen molar-refractivity contribution in [1.29, 1.82) is 0 Å². The average Bonchev–Trinajstić information content (AvgIpc) is 3.17. The van der Waals surface area contributed by atoms with Gasteiger partial charge in [0.05, 0.1) is 16.8 Å². The summed E-state index contributed by atoms with van der Waals surface area (Å²) < 4.78 is 15.2. The van der Waals surface area contributed by atoms with Crippen molar-refractivity contribution in [3.63, 3.8) is 0 Å². The van der Waals surface area contributed by atoms with Gasteiger partial charge in [0.15, 0.2) is 5.16 Å². The van der Waals surface area contributed by atoms with Crippen LogP contribution in [0.15, 0.2) is 52.4 Å². The molecular formula is C27H26FN3O2S2. The van der Waals surface area contributed by atoms with Gasteiger partial charge in [-0.2, -0.15) is 0 Å². The molecule has 0 saturated carbocycles. The lowest BCUT2D eigenvalue weighted by atomic mass is 9.89. The number of thioether (sulfide) groups is 1. The van der Waals surface area contributed by atoms with E-state index in [1.54, 1.807) is 28.0 Å². The van der Waals surface area contributed by atoms with Gasteiger partial charge in [0.25, 0.3) is 5.56 Å². The number of anilines is 1. The maximum absolute atomic E-state index is 14.0. The summed E-state index contributed by atoms with van der Waals surface area (Å²) in [6.07, 6.45) is 2.93. The van der Waals surface area contributed by atoms with Crippen molar-refractivity contribution >= 4 is 44.9 Å². The summed E-state index contributed by atoms with van der Waals surface area (Å²) in [6, 6.07) is 11.8. The second kappa shape index (κ2) is 9.59. The number of benzene rings is 2. The second-order valence-electron chi connectivity index (χ2n) is 9.20. The lowest BCUT2D eigenvalue weighted by Gasteiger charge is -2.18. The van der Waals surface area contributed by atoms with Crippen molar-refractivity contribution in [2.24, 2.45) is 5.92 Å². The standard InChI is InChI=1S/C27H26FN3O2S2/c1-15-7-9-17(3)21(11-15)31-26(33)24-20-10-8-16(2)12-22(20)35-25(24)30-27(31)34-14-23(32)29-19-6-4-5-18(28)13-19/h4-7,9,11,13,16H,8,10,12,14H2,1-3H3,(H,29,32)/t16-/m1/s1. The molecule has 5 rings (SSSR count). The van der Waals surface area contributed by atoms with Crippen LogP contribution >= 0.6 is 23.1 Å². The Morgan fingerprint density at radius 3 is 2.89 bits per heavy atom. The number of aryl methyl sites for hydroxylation is 3. The Morgan fingerprint density at radius 2 is 2.09 bits per heavy atom. The largest absolute Gasteiger partial charge is 0.325 e. The lowest BCUT2D eigenvalue weighted by molar-refractivity contribution is -0.113. The minimum atomic E-state index is -0.415. The number of aromatic nitrogens is 2. The zero-order chi connectivity index (χ0) is 24.7. The molecule has 0 unspecified atom stereocenters. The van der Waals surface area contributed by atoms with Crippen LogP contribution in [-0.2, 0) is 17.6 Å². The third kappa shape index (κ3) is 4.77. The fourth-order valence-corrected chi connectivity index (χ4v) is 6.76. The Hall–Kier alpha value is -2.97. The van der Waals surface area contributed by atoms with Gasteiger partial charge in [0.1, 0.15) is 10.6 Å². The quantitative estimate of drug-likeness (QED) is 0.264. The first-order chi connectivity index (χ1) is 16.8. The minimum Gasteiger partial charge on any atom is -0.325 e. The summed E-state index contributed by atoms with van der Waals surface area (Å²) in [6.45, 7) is 6.21. The molecule has 180 valence electrons. The van der Waals surface area contributed by atoms with Crippen LogP contribution in [0.25, 0.3) is 15.9 Å². The van der Waals surface area contributed by atoms with Crippen molar-refractivity contribution in [2.45, 2.75) is 45.2 Å². The maximum Gasteiger partial charge on any atom is 0.267 e. The highest BCUT2D eigenvalue weighted by Crippen LogP contribution is 2.37. The van der Waals surface area contributed by atoms with E-state index in [0.29, 0.717) is 22.1 Å². The fourth-order valence-electron chi connectivity index (χ4n) is 4.53. The van der Waals surface area contributed by atoms with Crippen molar-refractivity contribution in [1.82, 2.24) is 9.55 Å². The van der Waals surface area contributed by atoms with Crippen LogP contribution in [-0.4, -0.2) is 21.2 Å². The maximum atomic E-state index is 14.0. The molecule has 0 spiro atoms. The van der Waals surface area contributed by atoms with Crippen LogP contribution in [0.4, 0.5) is 10.1 Å². The molecule has 0 aliphatic heterocycles. The topological polar surface area (TPSA) is 64.0 Å². The van der Waals surface area contributed by atoms with Gasteiger partial charge < -0.3 is 5.32 Å². The number of fused-ring (bicyclic) bond motifs is 3. The third-order valence-corrected chi connectivity index (χ3v) is 8.43. The van der Waals surface area contributed by atoms with Gasteiger partial charge in [0.2, 0.25) is 5.91 Å². The number of thiophene rings is 1. The summed E-state index contributed by atoms with van der Waals surface area (Å²) in [5.74, 6) is -0.0669. The van der Waals surface area contributed by atoms with E-state index < -0.39 is 5.82 Å². The minimum absolute atomic E-state index is 0.0431. The number of nitrogens with zero attached hydrogens (tertiary/aromatic N) is 2. The smallest absolute Gasteiger partial charge is 0.267 e. The number of nitrogens with one attached hydrogen (secondary N) is 1. The average molecular weight is 508 g/mol.